The summed E-state index contributed by atoms with van der Waals surface area (Å²) in [7, 11) is 0. The van der Waals surface area contributed by atoms with Gasteiger partial charge >= 0.3 is 23.9 Å². The van der Waals surface area contributed by atoms with Crippen LogP contribution in [0.1, 0.15) is 110 Å². The Bertz CT molecular complexity index is 1230. The van der Waals surface area contributed by atoms with Crippen molar-refractivity contribution in [2.75, 3.05) is 26.4 Å². The molecule has 0 spiro atoms. The smallest absolute Gasteiger partial charge is 0.333 e. The van der Waals surface area contributed by atoms with Crippen LogP contribution in [0.4, 0.5) is 0 Å². The lowest BCUT2D eigenvalue weighted by molar-refractivity contribution is -0.146. The zero-order valence-electron chi connectivity index (χ0n) is 29.8. The highest BCUT2D eigenvalue weighted by Crippen LogP contribution is 2.63. The van der Waals surface area contributed by atoms with Gasteiger partial charge in [0.05, 0.1) is 26.4 Å². The van der Waals surface area contributed by atoms with E-state index in [2.05, 4.69) is 13.2 Å². The van der Waals surface area contributed by atoms with Gasteiger partial charge in [0.15, 0.2) is 0 Å². The molecule has 6 aliphatic rings. The van der Waals surface area contributed by atoms with E-state index in [0.29, 0.717) is 92.2 Å². The van der Waals surface area contributed by atoms with Gasteiger partial charge in [-0.25, -0.2) is 9.59 Å². The number of hydrogen-bond donors (Lipinski definition) is 0. The number of fused-ring (bicyclic) bond motifs is 10. The molecule has 0 radical (unpaired) electrons. The number of carbonyl (C=O) groups excluding carboxylic acids is 4. The van der Waals surface area contributed by atoms with Gasteiger partial charge in [-0.2, -0.15) is 0 Å². The van der Waals surface area contributed by atoms with Crippen molar-refractivity contribution in [3.05, 3.63) is 24.8 Å². The summed E-state index contributed by atoms with van der Waals surface area (Å²) in [6.07, 6.45) is 17.6. The number of esters is 4. The molecule has 10 unspecified atom stereocenters. The van der Waals surface area contributed by atoms with E-state index in [0.717, 1.165) is 87.9 Å². The Morgan fingerprint density at radius 1 is 0.551 bits per heavy atom. The maximum atomic E-state index is 12.5. The zero-order valence-corrected chi connectivity index (χ0v) is 29.8. The molecule has 49 heavy (non-hydrogen) atoms. The first kappa shape index (κ1) is 36.2. The molecular weight excluding hydrogens is 620 g/mol. The largest absolute Gasteiger partial charge is 0.465 e. The zero-order chi connectivity index (χ0) is 34.5. The summed E-state index contributed by atoms with van der Waals surface area (Å²) in [4.78, 5) is 48.2. The summed E-state index contributed by atoms with van der Waals surface area (Å²) in [6, 6.07) is 0. The Labute approximate surface area is 293 Å². The van der Waals surface area contributed by atoms with Gasteiger partial charge in [0, 0.05) is 24.5 Å². The molecule has 4 bridgehead atoms. The third-order valence-electron chi connectivity index (χ3n) is 13.8. The minimum atomic E-state index is -0.330. The predicted molar refractivity (Wildman–Crippen MR) is 185 cm³/mol. The van der Waals surface area contributed by atoms with Gasteiger partial charge in [-0.05, 0) is 142 Å². The van der Waals surface area contributed by atoms with E-state index in [1.807, 2.05) is 0 Å². The highest BCUT2D eigenvalue weighted by Gasteiger charge is 2.57. The van der Waals surface area contributed by atoms with Gasteiger partial charge in [0.1, 0.15) is 0 Å². The van der Waals surface area contributed by atoms with Crippen LogP contribution < -0.4 is 0 Å². The van der Waals surface area contributed by atoms with Crippen LogP contribution >= 0.6 is 0 Å². The molecule has 0 N–H and O–H groups in total. The van der Waals surface area contributed by atoms with Crippen molar-refractivity contribution in [3.63, 3.8) is 0 Å². The second-order valence-electron chi connectivity index (χ2n) is 16.8. The van der Waals surface area contributed by atoms with Crippen molar-refractivity contribution in [2.45, 2.75) is 110 Å². The summed E-state index contributed by atoms with van der Waals surface area (Å²) in [5.74, 6) is 6.82. The van der Waals surface area contributed by atoms with Crippen LogP contribution in [0.15, 0.2) is 24.8 Å². The summed E-state index contributed by atoms with van der Waals surface area (Å²) < 4.78 is 22.3. The van der Waals surface area contributed by atoms with E-state index in [1.165, 1.54) is 31.8 Å². The lowest BCUT2D eigenvalue weighted by atomic mass is 9.76. The number of hydrogen-bond acceptors (Lipinski definition) is 8. The average molecular weight is 681 g/mol. The van der Waals surface area contributed by atoms with E-state index in [1.54, 1.807) is 6.92 Å². The third-order valence-corrected chi connectivity index (χ3v) is 13.8. The lowest BCUT2D eigenvalue weighted by Crippen LogP contribution is -2.28. The topological polar surface area (TPSA) is 105 Å². The Morgan fingerprint density at radius 2 is 1.00 bits per heavy atom. The fourth-order valence-corrected chi connectivity index (χ4v) is 11.7. The number of carbonyl (C=O) groups is 4. The molecule has 0 aromatic heterocycles. The molecule has 0 amide bonds. The van der Waals surface area contributed by atoms with Crippen LogP contribution in [0, 0.1) is 71.0 Å². The van der Waals surface area contributed by atoms with E-state index in [-0.39, 0.29) is 23.9 Å². The van der Waals surface area contributed by atoms with Crippen molar-refractivity contribution in [3.8, 4) is 0 Å². The Balaban J connectivity index is 0.750. The standard InChI is InChI=1S/C41H60O8/c1-4-38(42)46-21-26-13-32-28-17-30(34(19-28)36(32)15-26)23-48-40(44)12-10-8-6-5-7-9-11-39(43)47-22-27-14-33-29-18-31(24-49-41(45)25(2)3)35(20-29)37(33)16-27/h4,26-37H,1-2,5-24H2,3H3/t26?,27?,28?,29?,30?,31?,32-,33-,34?,35?,36?,37?/m1/s1. The van der Waals surface area contributed by atoms with Crippen molar-refractivity contribution in [2.24, 2.45) is 71.0 Å². The predicted octanol–water partition coefficient (Wildman–Crippen LogP) is 7.64. The highest BCUT2D eigenvalue weighted by atomic mass is 16.5. The van der Waals surface area contributed by atoms with Gasteiger partial charge in [0.2, 0.25) is 0 Å². The van der Waals surface area contributed by atoms with Crippen molar-refractivity contribution in [1.29, 1.82) is 0 Å². The minimum absolute atomic E-state index is 0.0647. The highest BCUT2D eigenvalue weighted by molar-refractivity contribution is 5.86. The lowest BCUT2D eigenvalue weighted by Gasteiger charge is -2.31. The summed E-state index contributed by atoms with van der Waals surface area (Å²) in [5.41, 5.74) is 0.463. The second-order valence-corrected chi connectivity index (χ2v) is 16.8. The molecular formula is C41H60O8. The van der Waals surface area contributed by atoms with Crippen LogP contribution in [-0.4, -0.2) is 50.3 Å². The molecule has 0 aliphatic heterocycles. The van der Waals surface area contributed by atoms with Crippen molar-refractivity contribution >= 4 is 23.9 Å². The number of rotatable bonds is 19. The van der Waals surface area contributed by atoms with E-state index in [4.69, 9.17) is 18.9 Å². The fourth-order valence-electron chi connectivity index (χ4n) is 11.7. The molecule has 0 heterocycles. The molecule has 6 rings (SSSR count). The minimum Gasteiger partial charge on any atom is -0.465 e. The van der Waals surface area contributed by atoms with Gasteiger partial charge in [0.25, 0.3) is 0 Å². The van der Waals surface area contributed by atoms with Gasteiger partial charge in [-0.1, -0.05) is 38.8 Å². The second kappa shape index (κ2) is 16.6. The van der Waals surface area contributed by atoms with E-state index >= 15 is 0 Å². The van der Waals surface area contributed by atoms with Crippen molar-refractivity contribution < 1.29 is 38.1 Å². The number of unbranched alkanes of at least 4 members (excludes halogenated alkanes) is 5. The summed E-state index contributed by atoms with van der Waals surface area (Å²) >= 11 is 0. The monoisotopic (exact) mass is 680 g/mol. The quantitative estimate of drug-likeness (QED) is 0.0594. The van der Waals surface area contributed by atoms with E-state index < -0.39 is 0 Å². The van der Waals surface area contributed by atoms with Gasteiger partial charge in [-0.3, -0.25) is 9.59 Å². The van der Waals surface area contributed by atoms with Crippen LogP contribution in [0.3, 0.4) is 0 Å². The third kappa shape index (κ3) is 8.81. The number of ether oxygens (including phenoxy) is 4. The summed E-state index contributed by atoms with van der Waals surface area (Å²) in [6.45, 7) is 11.0. The van der Waals surface area contributed by atoms with E-state index in [9.17, 15) is 19.2 Å². The molecule has 8 heteroatoms. The van der Waals surface area contributed by atoms with Crippen LogP contribution in [0.2, 0.25) is 0 Å². The fraction of sp³-hybridized carbons (Fsp3) is 0.805. The first-order valence-corrected chi connectivity index (χ1v) is 19.6. The van der Waals surface area contributed by atoms with Crippen molar-refractivity contribution in [1.82, 2.24) is 0 Å². The first-order valence-electron chi connectivity index (χ1n) is 19.6. The molecule has 6 aliphatic carbocycles. The molecule has 0 aromatic rings. The van der Waals surface area contributed by atoms with Crippen LogP contribution in [0.5, 0.6) is 0 Å². The molecule has 0 aromatic carbocycles. The molecule has 6 fully saturated rings. The van der Waals surface area contributed by atoms with Crippen LogP contribution in [0.25, 0.3) is 0 Å². The van der Waals surface area contributed by atoms with Gasteiger partial charge < -0.3 is 18.9 Å². The maximum Gasteiger partial charge on any atom is 0.333 e. The SMILES string of the molecule is C=CC(=O)OCC1CC2C3CC(CC3COC(=O)CCCCCCCCC(=O)OCC3CC4C5CC(CC5COC(=O)C(=C)C)[C@H]4C3)[C@H]2C1. The Hall–Kier alpha value is -2.64. The van der Waals surface area contributed by atoms with Crippen LogP contribution in [-0.2, 0) is 38.1 Å². The molecule has 12 atom stereocenters. The average Bonchev–Trinajstić information content (AvgIpc) is 3.93. The normalized spacial score (nSPS) is 36.3. The molecule has 8 nitrogen and oxygen atoms in total. The molecule has 6 saturated carbocycles. The maximum absolute atomic E-state index is 12.5. The summed E-state index contributed by atoms with van der Waals surface area (Å²) in [5, 5.41) is 0. The Kier molecular flexibility index (Phi) is 12.2. The Morgan fingerprint density at radius 3 is 1.51 bits per heavy atom. The molecule has 272 valence electrons. The van der Waals surface area contributed by atoms with Gasteiger partial charge in [-0.15, -0.1) is 0 Å². The first-order chi connectivity index (χ1) is 23.7. The molecule has 0 saturated heterocycles.